The predicted octanol–water partition coefficient (Wildman–Crippen LogP) is 3.36. The van der Waals surface area contributed by atoms with E-state index < -0.39 is 10.0 Å². The van der Waals surface area contributed by atoms with E-state index in [4.69, 9.17) is 9.47 Å². The number of hydrogen-bond donors (Lipinski definition) is 1. The number of anilines is 1. The van der Waals surface area contributed by atoms with Crippen LogP contribution in [0.2, 0.25) is 0 Å². The minimum absolute atomic E-state index is 0.00121. The largest absolute Gasteiger partial charge is 0.497 e. The van der Waals surface area contributed by atoms with Crippen LogP contribution in [0.3, 0.4) is 0 Å². The maximum atomic E-state index is 12.8. The second kappa shape index (κ2) is 6.60. The summed E-state index contributed by atoms with van der Waals surface area (Å²) in [6.45, 7) is 1.97. The summed E-state index contributed by atoms with van der Waals surface area (Å²) in [5.74, 6) is 0.659. The summed E-state index contributed by atoms with van der Waals surface area (Å²) in [6, 6.07) is 12.2. The predicted molar refractivity (Wildman–Crippen MR) is 96.8 cm³/mol. The van der Waals surface area contributed by atoms with Crippen molar-refractivity contribution >= 4 is 26.6 Å². The van der Waals surface area contributed by atoms with Gasteiger partial charge in [0.1, 0.15) is 16.4 Å². The molecule has 6 nitrogen and oxygen atoms in total. The molecule has 0 saturated heterocycles. The van der Waals surface area contributed by atoms with Crippen molar-refractivity contribution < 1.29 is 17.9 Å². The van der Waals surface area contributed by atoms with Crippen molar-refractivity contribution in [2.45, 2.75) is 11.8 Å². The van der Waals surface area contributed by atoms with Gasteiger partial charge in [0.2, 0.25) is 0 Å². The number of sulfonamides is 1. The van der Waals surface area contributed by atoms with Gasteiger partial charge in [-0.05, 0) is 37.3 Å². The van der Waals surface area contributed by atoms with Gasteiger partial charge in [-0.15, -0.1) is 0 Å². The van der Waals surface area contributed by atoms with E-state index in [0.717, 1.165) is 16.5 Å². The van der Waals surface area contributed by atoms with E-state index in [-0.39, 0.29) is 10.6 Å². The van der Waals surface area contributed by atoms with Crippen molar-refractivity contribution in [3.05, 3.63) is 54.2 Å². The highest BCUT2D eigenvalue weighted by molar-refractivity contribution is 7.92. The lowest BCUT2D eigenvalue weighted by molar-refractivity contribution is 0.392. The molecule has 130 valence electrons. The number of rotatable bonds is 5. The molecule has 25 heavy (non-hydrogen) atoms. The minimum atomic E-state index is -3.86. The van der Waals surface area contributed by atoms with E-state index in [9.17, 15) is 8.42 Å². The van der Waals surface area contributed by atoms with Crippen molar-refractivity contribution in [1.82, 2.24) is 4.98 Å². The molecular formula is C18H18N2O4S. The van der Waals surface area contributed by atoms with E-state index in [1.807, 2.05) is 25.1 Å². The second-order valence-electron chi connectivity index (χ2n) is 5.54. The average Bonchev–Trinajstić information content (AvgIpc) is 2.60. The highest BCUT2D eigenvalue weighted by atomic mass is 32.2. The number of nitrogens with zero attached hydrogens (tertiary/aromatic N) is 1. The molecule has 1 heterocycles. The number of nitrogens with one attached hydrogen (secondary N) is 1. The molecule has 3 rings (SSSR count). The molecule has 0 amide bonds. The number of benzene rings is 2. The summed E-state index contributed by atoms with van der Waals surface area (Å²) in [4.78, 5) is 4.29. The third-order valence-corrected chi connectivity index (χ3v) is 5.15. The van der Waals surface area contributed by atoms with Gasteiger partial charge in [-0.2, -0.15) is 0 Å². The Morgan fingerprint density at radius 3 is 2.52 bits per heavy atom. The van der Waals surface area contributed by atoms with Crippen LogP contribution in [-0.4, -0.2) is 27.6 Å². The number of aromatic nitrogens is 1. The van der Waals surface area contributed by atoms with Crippen LogP contribution in [0.15, 0.2) is 53.6 Å². The number of hydrogen-bond acceptors (Lipinski definition) is 5. The van der Waals surface area contributed by atoms with Crippen molar-refractivity contribution in [1.29, 1.82) is 0 Å². The average molecular weight is 358 g/mol. The molecule has 0 radical (unpaired) electrons. The third-order valence-electron chi connectivity index (χ3n) is 3.75. The number of aryl methyl sites for hydroxylation is 1. The zero-order chi connectivity index (χ0) is 18.0. The molecule has 0 fully saturated rings. The fourth-order valence-electron chi connectivity index (χ4n) is 2.51. The summed E-state index contributed by atoms with van der Waals surface area (Å²) in [5, 5.41) is 0.859. The molecule has 0 aliphatic heterocycles. The highest BCUT2D eigenvalue weighted by Crippen LogP contribution is 2.30. The molecule has 0 spiro atoms. The molecule has 0 unspecified atom stereocenters. The first-order valence-electron chi connectivity index (χ1n) is 7.54. The van der Waals surface area contributed by atoms with E-state index >= 15 is 0 Å². The van der Waals surface area contributed by atoms with Crippen molar-refractivity contribution in [3.8, 4) is 11.5 Å². The van der Waals surface area contributed by atoms with E-state index in [1.165, 1.54) is 26.5 Å². The third kappa shape index (κ3) is 3.51. The summed E-state index contributed by atoms with van der Waals surface area (Å²) in [5.41, 5.74) is 2.25. The first-order chi connectivity index (χ1) is 11.9. The summed E-state index contributed by atoms with van der Waals surface area (Å²) in [7, 11) is -0.971. The number of fused-ring (bicyclic) bond motifs is 1. The molecule has 0 atom stereocenters. The van der Waals surface area contributed by atoms with Gasteiger partial charge in [0, 0.05) is 11.5 Å². The Labute approximate surface area is 146 Å². The molecule has 2 aromatic carbocycles. The first-order valence-corrected chi connectivity index (χ1v) is 9.02. The Morgan fingerprint density at radius 1 is 1.00 bits per heavy atom. The smallest absolute Gasteiger partial charge is 0.265 e. The fourth-order valence-corrected chi connectivity index (χ4v) is 3.73. The van der Waals surface area contributed by atoms with E-state index in [0.29, 0.717) is 11.4 Å². The highest BCUT2D eigenvalue weighted by Gasteiger charge is 2.21. The Balaban J connectivity index is 2.01. The zero-order valence-corrected chi connectivity index (χ0v) is 14.9. The monoisotopic (exact) mass is 358 g/mol. The molecule has 1 aromatic heterocycles. The van der Waals surface area contributed by atoms with Gasteiger partial charge < -0.3 is 9.47 Å². The van der Waals surface area contributed by atoms with Crippen LogP contribution in [0, 0.1) is 6.92 Å². The molecule has 0 saturated carbocycles. The standard InChI is InChI=1S/C18H18N2O4S/c1-12-4-6-16-13(8-12)9-14(11-19-16)20-25(21,22)18-10-15(23-2)5-7-17(18)24-3/h4-11,20H,1-3H3. The molecule has 0 bridgehead atoms. The Kier molecular flexibility index (Phi) is 4.50. The fraction of sp³-hybridized carbons (Fsp3) is 0.167. The summed E-state index contributed by atoms with van der Waals surface area (Å²) < 4.78 is 38.4. The van der Waals surface area contributed by atoms with Gasteiger partial charge >= 0.3 is 0 Å². The molecule has 3 aromatic rings. The van der Waals surface area contributed by atoms with Crippen LogP contribution in [0.4, 0.5) is 5.69 Å². The van der Waals surface area contributed by atoms with Gasteiger partial charge in [0.15, 0.2) is 0 Å². The normalized spacial score (nSPS) is 11.3. The molecule has 7 heteroatoms. The SMILES string of the molecule is COc1ccc(OC)c(S(=O)(=O)Nc2cnc3ccc(C)cc3c2)c1. The number of methoxy groups -OCH3 is 2. The molecule has 0 aliphatic rings. The van der Waals surface area contributed by atoms with E-state index in [2.05, 4.69) is 9.71 Å². The van der Waals surface area contributed by atoms with E-state index in [1.54, 1.807) is 18.2 Å². The van der Waals surface area contributed by atoms with Gasteiger partial charge in [-0.25, -0.2) is 8.42 Å². The maximum absolute atomic E-state index is 12.8. The molecular weight excluding hydrogens is 340 g/mol. The first kappa shape index (κ1) is 17.0. The van der Waals surface area contributed by atoms with Gasteiger partial charge in [-0.3, -0.25) is 9.71 Å². The summed E-state index contributed by atoms with van der Waals surface area (Å²) in [6.07, 6.45) is 1.49. The van der Waals surface area contributed by atoms with Crippen molar-refractivity contribution in [3.63, 3.8) is 0 Å². The Morgan fingerprint density at radius 2 is 1.80 bits per heavy atom. The van der Waals surface area contributed by atoms with Gasteiger partial charge in [-0.1, -0.05) is 11.6 Å². The van der Waals surface area contributed by atoms with Crippen LogP contribution in [0.25, 0.3) is 10.9 Å². The quantitative estimate of drug-likeness (QED) is 0.757. The molecule has 1 N–H and O–H groups in total. The van der Waals surface area contributed by atoms with Crippen LogP contribution in [0.5, 0.6) is 11.5 Å². The van der Waals surface area contributed by atoms with Crippen LogP contribution < -0.4 is 14.2 Å². The zero-order valence-electron chi connectivity index (χ0n) is 14.1. The van der Waals surface area contributed by atoms with Gasteiger partial charge in [0.05, 0.1) is 31.6 Å². The molecule has 0 aliphatic carbocycles. The topological polar surface area (TPSA) is 77.5 Å². The second-order valence-corrected chi connectivity index (χ2v) is 7.19. The lowest BCUT2D eigenvalue weighted by Crippen LogP contribution is -2.14. The summed E-state index contributed by atoms with van der Waals surface area (Å²) >= 11 is 0. The van der Waals surface area contributed by atoms with Crippen LogP contribution >= 0.6 is 0 Å². The number of pyridine rings is 1. The van der Waals surface area contributed by atoms with Crippen molar-refractivity contribution in [2.75, 3.05) is 18.9 Å². The van der Waals surface area contributed by atoms with Crippen LogP contribution in [-0.2, 0) is 10.0 Å². The lowest BCUT2D eigenvalue weighted by Gasteiger charge is -2.13. The maximum Gasteiger partial charge on any atom is 0.265 e. The van der Waals surface area contributed by atoms with Gasteiger partial charge in [0.25, 0.3) is 10.0 Å². The minimum Gasteiger partial charge on any atom is -0.497 e. The lowest BCUT2D eigenvalue weighted by atomic mass is 10.1. The van der Waals surface area contributed by atoms with Crippen LogP contribution in [0.1, 0.15) is 5.56 Å². The Hall–Kier alpha value is -2.80. The number of ether oxygens (including phenoxy) is 2. The Bertz CT molecular complexity index is 1030. The van der Waals surface area contributed by atoms with Crippen molar-refractivity contribution in [2.24, 2.45) is 0 Å².